The number of carboxylic acids is 1. The van der Waals surface area contributed by atoms with Crippen LogP contribution in [0.2, 0.25) is 0 Å². The summed E-state index contributed by atoms with van der Waals surface area (Å²) in [5, 5.41) is 8.82. The van der Waals surface area contributed by atoms with Crippen molar-refractivity contribution in [3.05, 3.63) is 17.0 Å². The van der Waals surface area contributed by atoms with Gasteiger partial charge in [-0.05, 0) is 38.6 Å². The molecule has 0 aromatic carbocycles. The number of likely N-dealkylation sites (tertiary alicyclic amines) is 1. The second kappa shape index (κ2) is 6.21. The summed E-state index contributed by atoms with van der Waals surface area (Å²) < 4.78 is 26.8. The third kappa shape index (κ3) is 3.57. The molecule has 0 spiro atoms. The molecule has 1 aromatic heterocycles. The Labute approximate surface area is 122 Å². The Hall–Kier alpha value is -0.960. The molecule has 0 radical (unpaired) electrons. The zero-order valence-electron chi connectivity index (χ0n) is 11.2. The van der Waals surface area contributed by atoms with Gasteiger partial charge in [0.15, 0.2) is 0 Å². The minimum atomic E-state index is -3.62. The summed E-state index contributed by atoms with van der Waals surface area (Å²) in [6.45, 7) is 1.34. The normalized spacial score (nSPS) is 20.9. The smallest absolute Gasteiger partial charge is 0.345 e. The molecular formula is C12H18N2O4S2. The Bertz CT molecular complexity index is 582. The molecule has 1 saturated heterocycles. The van der Waals surface area contributed by atoms with Crippen LogP contribution in [0, 0.1) is 0 Å². The van der Waals surface area contributed by atoms with E-state index in [4.69, 9.17) is 5.11 Å². The van der Waals surface area contributed by atoms with E-state index in [0.717, 1.165) is 37.1 Å². The van der Waals surface area contributed by atoms with E-state index in [1.807, 2.05) is 7.05 Å². The van der Waals surface area contributed by atoms with Crippen LogP contribution >= 0.6 is 11.3 Å². The third-order valence-corrected chi connectivity index (χ3v) is 6.48. The number of nitrogens with zero attached hydrogens (tertiary/aromatic N) is 1. The van der Waals surface area contributed by atoms with E-state index in [2.05, 4.69) is 9.62 Å². The molecule has 0 aliphatic carbocycles. The molecular weight excluding hydrogens is 300 g/mol. The lowest BCUT2D eigenvalue weighted by molar-refractivity contribution is 0.0702. The van der Waals surface area contributed by atoms with E-state index in [1.165, 1.54) is 12.1 Å². The first-order chi connectivity index (χ1) is 9.40. The van der Waals surface area contributed by atoms with Crippen molar-refractivity contribution < 1.29 is 18.3 Å². The summed E-state index contributed by atoms with van der Waals surface area (Å²) in [5.41, 5.74) is 0. The molecule has 20 heavy (non-hydrogen) atoms. The summed E-state index contributed by atoms with van der Waals surface area (Å²) in [6, 6.07) is 2.85. The number of likely N-dealkylation sites (N-methyl/N-ethyl adjacent to an activating group) is 1. The van der Waals surface area contributed by atoms with Gasteiger partial charge >= 0.3 is 5.97 Å². The predicted octanol–water partition coefficient (Wildman–Crippen LogP) is 1.21. The summed E-state index contributed by atoms with van der Waals surface area (Å²) >= 11 is 0.772. The van der Waals surface area contributed by atoms with E-state index in [1.54, 1.807) is 0 Å². The van der Waals surface area contributed by atoms with Gasteiger partial charge in [-0.15, -0.1) is 11.3 Å². The van der Waals surface area contributed by atoms with Crippen molar-refractivity contribution in [2.75, 3.05) is 20.1 Å². The molecule has 0 bridgehead atoms. The van der Waals surface area contributed by atoms with Gasteiger partial charge in [-0.1, -0.05) is 6.42 Å². The maximum Gasteiger partial charge on any atom is 0.345 e. The molecule has 112 valence electrons. The third-order valence-electron chi connectivity index (χ3n) is 3.49. The van der Waals surface area contributed by atoms with E-state index < -0.39 is 16.0 Å². The number of carbonyl (C=O) groups is 1. The van der Waals surface area contributed by atoms with Crippen LogP contribution in [0.4, 0.5) is 0 Å². The number of piperidine rings is 1. The van der Waals surface area contributed by atoms with E-state index in [0.29, 0.717) is 6.54 Å². The predicted molar refractivity (Wildman–Crippen MR) is 76.7 cm³/mol. The van der Waals surface area contributed by atoms with Crippen molar-refractivity contribution in [3.63, 3.8) is 0 Å². The standard InChI is InChI=1S/C12H18N2O4S2/c1-14-7-3-2-4-9(14)8-13-20(17,18)11-6-5-10(19-11)12(15)16/h5-6,9,13H,2-4,7-8H2,1H3,(H,15,16). The van der Waals surface area contributed by atoms with Crippen LogP contribution in [0.5, 0.6) is 0 Å². The Morgan fingerprint density at radius 1 is 1.50 bits per heavy atom. The van der Waals surface area contributed by atoms with E-state index in [-0.39, 0.29) is 15.1 Å². The molecule has 1 aromatic rings. The molecule has 8 heteroatoms. The minimum absolute atomic E-state index is 0.0279. The first-order valence-corrected chi connectivity index (χ1v) is 8.73. The van der Waals surface area contributed by atoms with Crippen LogP contribution in [0.15, 0.2) is 16.3 Å². The summed E-state index contributed by atoms with van der Waals surface area (Å²) in [4.78, 5) is 13.0. The van der Waals surface area contributed by atoms with Crippen LogP contribution in [-0.4, -0.2) is 50.6 Å². The molecule has 1 unspecified atom stereocenters. The van der Waals surface area contributed by atoms with Crippen molar-refractivity contribution in [3.8, 4) is 0 Å². The molecule has 1 fully saturated rings. The number of rotatable bonds is 5. The highest BCUT2D eigenvalue weighted by molar-refractivity contribution is 7.91. The zero-order chi connectivity index (χ0) is 14.8. The molecule has 1 atom stereocenters. The summed E-state index contributed by atoms with van der Waals surface area (Å²) in [5.74, 6) is -1.11. The number of carboxylic acid groups (broad SMARTS) is 1. The largest absolute Gasteiger partial charge is 0.477 e. The Kier molecular flexibility index (Phi) is 4.79. The van der Waals surface area contributed by atoms with Crippen molar-refractivity contribution in [1.29, 1.82) is 0 Å². The van der Waals surface area contributed by atoms with Gasteiger partial charge < -0.3 is 10.0 Å². The van der Waals surface area contributed by atoms with Gasteiger partial charge in [0.1, 0.15) is 9.09 Å². The number of hydrogen-bond acceptors (Lipinski definition) is 5. The summed E-state index contributed by atoms with van der Waals surface area (Å²) in [7, 11) is -1.63. The molecule has 0 amide bonds. The van der Waals surface area contributed by atoms with Crippen LogP contribution in [0.25, 0.3) is 0 Å². The van der Waals surface area contributed by atoms with E-state index >= 15 is 0 Å². The molecule has 1 aliphatic rings. The van der Waals surface area contributed by atoms with Gasteiger partial charge in [0, 0.05) is 12.6 Å². The SMILES string of the molecule is CN1CCCCC1CNS(=O)(=O)c1ccc(C(=O)O)s1. The van der Waals surface area contributed by atoms with Gasteiger partial charge in [0.25, 0.3) is 0 Å². The topological polar surface area (TPSA) is 86.7 Å². The van der Waals surface area contributed by atoms with Gasteiger partial charge in [-0.25, -0.2) is 17.9 Å². The maximum atomic E-state index is 12.1. The van der Waals surface area contributed by atoms with Gasteiger partial charge in [0.2, 0.25) is 10.0 Å². The number of sulfonamides is 1. The second-order valence-electron chi connectivity index (χ2n) is 4.91. The van der Waals surface area contributed by atoms with Gasteiger partial charge in [-0.3, -0.25) is 0 Å². The molecule has 2 N–H and O–H groups in total. The highest BCUT2D eigenvalue weighted by atomic mass is 32.2. The number of hydrogen-bond donors (Lipinski definition) is 2. The molecule has 1 aliphatic heterocycles. The number of thiophene rings is 1. The van der Waals surface area contributed by atoms with Crippen molar-refractivity contribution in [1.82, 2.24) is 9.62 Å². The van der Waals surface area contributed by atoms with Crippen LogP contribution < -0.4 is 4.72 Å². The number of nitrogens with one attached hydrogen (secondary N) is 1. The van der Waals surface area contributed by atoms with E-state index in [9.17, 15) is 13.2 Å². The maximum absolute atomic E-state index is 12.1. The highest BCUT2D eigenvalue weighted by Crippen LogP contribution is 2.22. The lowest BCUT2D eigenvalue weighted by Gasteiger charge is -2.32. The Balaban J connectivity index is 2.01. The molecule has 6 nitrogen and oxygen atoms in total. The molecule has 2 heterocycles. The van der Waals surface area contributed by atoms with Gasteiger partial charge in [-0.2, -0.15) is 0 Å². The first-order valence-electron chi connectivity index (χ1n) is 6.43. The van der Waals surface area contributed by atoms with Crippen LogP contribution in [-0.2, 0) is 10.0 Å². The van der Waals surface area contributed by atoms with Crippen molar-refractivity contribution >= 4 is 27.3 Å². The average Bonchev–Trinajstić information content (AvgIpc) is 2.88. The lowest BCUT2D eigenvalue weighted by Crippen LogP contribution is -2.44. The summed E-state index contributed by atoms with van der Waals surface area (Å²) in [6.07, 6.45) is 3.23. The van der Waals surface area contributed by atoms with Crippen molar-refractivity contribution in [2.45, 2.75) is 29.5 Å². The molecule has 2 rings (SSSR count). The lowest BCUT2D eigenvalue weighted by atomic mass is 10.0. The van der Waals surface area contributed by atoms with Crippen LogP contribution in [0.3, 0.4) is 0 Å². The number of aromatic carboxylic acids is 1. The quantitative estimate of drug-likeness (QED) is 0.852. The van der Waals surface area contributed by atoms with Crippen LogP contribution in [0.1, 0.15) is 28.9 Å². The fraction of sp³-hybridized carbons (Fsp3) is 0.583. The van der Waals surface area contributed by atoms with Crippen molar-refractivity contribution in [2.24, 2.45) is 0 Å². The monoisotopic (exact) mass is 318 g/mol. The van der Waals surface area contributed by atoms with Gasteiger partial charge in [0.05, 0.1) is 0 Å². The molecule has 0 saturated carbocycles. The second-order valence-corrected chi connectivity index (χ2v) is 7.98. The first kappa shape index (κ1) is 15.4. The fourth-order valence-corrected chi connectivity index (χ4v) is 4.52. The minimum Gasteiger partial charge on any atom is -0.477 e. The Morgan fingerprint density at radius 3 is 2.85 bits per heavy atom. The fourth-order valence-electron chi connectivity index (χ4n) is 2.26. The Morgan fingerprint density at radius 2 is 2.25 bits per heavy atom. The zero-order valence-corrected chi connectivity index (χ0v) is 12.8. The highest BCUT2D eigenvalue weighted by Gasteiger charge is 2.23. The average molecular weight is 318 g/mol.